The summed E-state index contributed by atoms with van der Waals surface area (Å²) in [7, 11) is 6.81. The van der Waals surface area contributed by atoms with E-state index in [-0.39, 0.29) is 12.3 Å². The number of quaternary nitrogens is 1. The SMILES string of the molecule is CN1C=CN2c3c(ccc4c3oc3ccccc34)C/C(=C3/c4ccccc4-c4c5ccccc5cc[n+]43)C3N(C)C=C[N+]3(C)c3ccccc3C12. The monoisotopic (exact) mass is 663 g/mol. The van der Waals surface area contributed by atoms with Crippen LogP contribution >= 0.6 is 0 Å². The van der Waals surface area contributed by atoms with Crippen LogP contribution in [-0.4, -0.2) is 37.1 Å². The van der Waals surface area contributed by atoms with Crippen LogP contribution in [0.5, 0.6) is 0 Å². The molecule has 3 unspecified atom stereocenters. The molecule has 0 saturated carbocycles. The lowest BCUT2D eigenvalue weighted by Gasteiger charge is -2.42. The molecule has 2 aromatic heterocycles. The molecule has 0 N–H and O–H groups in total. The van der Waals surface area contributed by atoms with E-state index in [1.807, 2.05) is 0 Å². The Morgan fingerprint density at radius 2 is 1.47 bits per heavy atom. The maximum absolute atomic E-state index is 6.86. The van der Waals surface area contributed by atoms with Crippen LogP contribution in [0.3, 0.4) is 0 Å². The predicted molar refractivity (Wildman–Crippen MR) is 206 cm³/mol. The molecule has 4 aliphatic rings. The minimum atomic E-state index is -0.0449. The number of fused-ring (bicyclic) bond motifs is 16. The number of hydrogen-bond donors (Lipinski definition) is 0. The summed E-state index contributed by atoms with van der Waals surface area (Å²) < 4.78 is 9.95. The highest BCUT2D eigenvalue weighted by Crippen LogP contribution is 2.51. The van der Waals surface area contributed by atoms with E-state index >= 15 is 0 Å². The van der Waals surface area contributed by atoms with Crippen molar-refractivity contribution in [3.05, 3.63) is 169 Å². The van der Waals surface area contributed by atoms with Crippen molar-refractivity contribution in [1.82, 2.24) is 14.3 Å². The molecule has 7 aromatic rings. The highest BCUT2D eigenvalue weighted by atomic mass is 16.3. The maximum atomic E-state index is 6.86. The summed E-state index contributed by atoms with van der Waals surface area (Å²) >= 11 is 0. The third-order valence-corrected chi connectivity index (χ3v) is 11.7. The summed E-state index contributed by atoms with van der Waals surface area (Å²) in [5.74, 6) is 0. The van der Waals surface area contributed by atoms with Gasteiger partial charge in [0.2, 0.25) is 17.6 Å². The maximum Gasteiger partial charge on any atom is 0.227 e. The molecule has 51 heavy (non-hydrogen) atoms. The Hall–Kier alpha value is -6.11. The molecule has 4 aliphatic heterocycles. The molecular weight excluding hydrogens is 627 g/mol. The minimum absolute atomic E-state index is 0.00966. The average molecular weight is 664 g/mol. The van der Waals surface area contributed by atoms with E-state index in [2.05, 4.69) is 187 Å². The summed E-state index contributed by atoms with van der Waals surface area (Å²) in [6.45, 7) is 0. The van der Waals surface area contributed by atoms with Gasteiger partial charge in [-0.05, 0) is 41.3 Å². The number of nitrogens with zero attached hydrogens (tertiary/aromatic N) is 5. The lowest BCUT2D eigenvalue weighted by Crippen LogP contribution is -2.55. The first-order valence-corrected chi connectivity index (χ1v) is 17.8. The minimum Gasteiger partial charge on any atom is -0.454 e. The van der Waals surface area contributed by atoms with E-state index in [1.54, 1.807) is 0 Å². The summed E-state index contributed by atoms with van der Waals surface area (Å²) in [4.78, 5) is 7.21. The number of furan rings is 1. The Balaban J connectivity index is 1.29. The number of aromatic nitrogens is 1. The van der Waals surface area contributed by atoms with Crippen molar-refractivity contribution in [2.45, 2.75) is 18.8 Å². The number of anilines is 1. The van der Waals surface area contributed by atoms with Crippen LogP contribution in [0.1, 0.15) is 22.9 Å². The molecule has 11 rings (SSSR count). The zero-order chi connectivity index (χ0) is 34.0. The van der Waals surface area contributed by atoms with Gasteiger partial charge >= 0.3 is 0 Å². The van der Waals surface area contributed by atoms with E-state index in [0.29, 0.717) is 4.48 Å². The fourth-order valence-corrected chi connectivity index (χ4v) is 9.59. The quantitative estimate of drug-likeness (QED) is 0.120. The standard InChI is InChI=1S/C45H37N5O/c1-46-24-25-49-40-30(20-21-35-32-14-9-11-19-39(32)51-43(35)40)28-37(45-47(2)26-27-50(45,3)38-18-10-8-17-36(38)44(46)49)42-34-16-7-6-15-33(34)41-31-13-5-4-12-29(31)22-23-48(41)42/h4-27,44-45H,28H2,1-3H3/q+2/b42-37+. The number of benzene rings is 5. The molecule has 0 fully saturated rings. The lowest BCUT2D eigenvalue weighted by atomic mass is 9.91. The second-order valence-corrected chi connectivity index (χ2v) is 14.6. The first kappa shape index (κ1) is 28.7. The Morgan fingerprint density at radius 3 is 2.37 bits per heavy atom. The van der Waals surface area contributed by atoms with Crippen LogP contribution in [0.25, 0.3) is 49.7 Å². The van der Waals surface area contributed by atoms with Gasteiger partial charge in [-0.25, -0.2) is 4.48 Å². The van der Waals surface area contributed by atoms with Crippen molar-refractivity contribution >= 4 is 49.8 Å². The lowest BCUT2D eigenvalue weighted by molar-refractivity contribution is -0.562. The summed E-state index contributed by atoms with van der Waals surface area (Å²) in [6, 6.07) is 42.1. The molecule has 0 spiro atoms. The van der Waals surface area contributed by atoms with Gasteiger partial charge in [0.1, 0.15) is 23.6 Å². The largest absolute Gasteiger partial charge is 0.454 e. The van der Waals surface area contributed by atoms with Crippen LogP contribution in [0.4, 0.5) is 11.4 Å². The molecule has 0 saturated heterocycles. The number of para-hydroxylation sites is 2. The zero-order valence-electron chi connectivity index (χ0n) is 28.9. The molecule has 0 amide bonds. The summed E-state index contributed by atoms with van der Waals surface area (Å²) in [6.07, 6.45) is 12.1. The smallest absolute Gasteiger partial charge is 0.227 e. The molecule has 0 aliphatic carbocycles. The molecule has 6 heterocycles. The Bertz CT molecular complexity index is 2720. The van der Waals surface area contributed by atoms with Gasteiger partial charge in [-0.3, -0.25) is 0 Å². The van der Waals surface area contributed by atoms with Gasteiger partial charge in [0.05, 0.1) is 46.6 Å². The van der Waals surface area contributed by atoms with Crippen LogP contribution in [-0.2, 0) is 6.42 Å². The van der Waals surface area contributed by atoms with Crippen molar-refractivity contribution in [3.8, 4) is 11.3 Å². The van der Waals surface area contributed by atoms with Crippen LogP contribution in [0.2, 0.25) is 0 Å². The third kappa shape index (κ3) is 3.77. The van der Waals surface area contributed by atoms with Gasteiger partial charge in [-0.1, -0.05) is 72.8 Å². The van der Waals surface area contributed by atoms with E-state index in [0.717, 1.165) is 34.0 Å². The van der Waals surface area contributed by atoms with Gasteiger partial charge < -0.3 is 19.1 Å². The molecule has 6 heteroatoms. The molecule has 3 atom stereocenters. The van der Waals surface area contributed by atoms with E-state index in [4.69, 9.17) is 4.42 Å². The summed E-state index contributed by atoms with van der Waals surface area (Å²) in [5, 5.41) is 4.80. The van der Waals surface area contributed by atoms with Crippen LogP contribution in [0.15, 0.2) is 156 Å². The predicted octanol–water partition coefficient (Wildman–Crippen LogP) is 9.12. The Kier molecular flexibility index (Phi) is 5.75. The van der Waals surface area contributed by atoms with Crippen molar-refractivity contribution in [2.24, 2.45) is 0 Å². The van der Waals surface area contributed by atoms with Crippen molar-refractivity contribution in [1.29, 1.82) is 0 Å². The number of rotatable bonds is 0. The molecule has 246 valence electrons. The molecular formula is C45H37N5O+2. The van der Waals surface area contributed by atoms with Crippen molar-refractivity contribution < 1.29 is 8.98 Å². The molecule has 5 aromatic carbocycles. The second kappa shape index (κ2) is 10.2. The third-order valence-electron chi connectivity index (χ3n) is 11.7. The average Bonchev–Trinajstić information content (AvgIpc) is 3.91. The highest BCUT2D eigenvalue weighted by Gasteiger charge is 2.51. The van der Waals surface area contributed by atoms with Gasteiger partial charge in [-0.15, -0.1) is 0 Å². The first-order valence-electron chi connectivity index (χ1n) is 17.8. The Morgan fingerprint density at radius 1 is 0.706 bits per heavy atom. The van der Waals surface area contributed by atoms with Crippen LogP contribution in [0, 0.1) is 0 Å². The topological polar surface area (TPSA) is 26.7 Å². The summed E-state index contributed by atoms with van der Waals surface area (Å²) in [5.41, 5.74) is 13.2. The fraction of sp³-hybridized carbons (Fsp3) is 0.133. The van der Waals surface area contributed by atoms with Crippen molar-refractivity contribution in [2.75, 3.05) is 26.0 Å². The van der Waals surface area contributed by atoms with E-state index in [9.17, 15) is 0 Å². The Labute approximate surface area is 296 Å². The second-order valence-electron chi connectivity index (χ2n) is 14.6. The molecule has 6 nitrogen and oxygen atoms in total. The number of pyridine rings is 1. The van der Waals surface area contributed by atoms with Gasteiger partial charge in [0.25, 0.3) is 0 Å². The van der Waals surface area contributed by atoms with Gasteiger partial charge in [0, 0.05) is 55.8 Å². The van der Waals surface area contributed by atoms with Gasteiger partial charge in [-0.2, -0.15) is 4.57 Å². The molecule has 0 radical (unpaired) electrons. The molecule has 0 bridgehead atoms. The number of hydrogen-bond acceptors (Lipinski definition) is 4. The number of likely N-dealkylation sites (N-methyl/N-ethyl adjacent to an activating group) is 2. The van der Waals surface area contributed by atoms with Crippen LogP contribution < -0.4 is 14.0 Å². The van der Waals surface area contributed by atoms with Gasteiger partial charge in [0.15, 0.2) is 11.8 Å². The highest BCUT2D eigenvalue weighted by molar-refractivity contribution is 6.10. The van der Waals surface area contributed by atoms with Crippen molar-refractivity contribution in [3.63, 3.8) is 0 Å². The van der Waals surface area contributed by atoms with E-state index in [1.165, 1.54) is 55.7 Å². The fourth-order valence-electron chi connectivity index (χ4n) is 9.59. The van der Waals surface area contributed by atoms with E-state index < -0.39 is 0 Å². The zero-order valence-corrected chi connectivity index (χ0v) is 28.9. The normalized spacial score (nSPS) is 23.1. The first-order chi connectivity index (χ1) is 25.0.